The first-order valence-electron chi connectivity index (χ1n) is 9.37. The Labute approximate surface area is 161 Å². The molecule has 1 aromatic carbocycles. The standard InChI is InChI=1S/C21H29N5O/c1-4-23-21(26-14-17(3)18-8-5-7-16(2)13-18)25-12-11-24-20(27)19-9-6-10-22-15-19/h5-10,13,15,17H,4,11-12,14H2,1-3H3,(H,24,27)(H2,23,25,26). The van der Waals surface area contributed by atoms with Crippen LogP contribution < -0.4 is 16.0 Å². The van der Waals surface area contributed by atoms with Gasteiger partial charge in [0, 0.05) is 44.5 Å². The molecule has 0 radical (unpaired) electrons. The van der Waals surface area contributed by atoms with Gasteiger partial charge in [-0.2, -0.15) is 0 Å². The van der Waals surface area contributed by atoms with E-state index in [1.165, 1.54) is 11.1 Å². The van der Waals surface area contributed by atoms with E-state index in [-0.39, 0.29) is 5.91 Å². The Morgan fingerprint density at radius 1 is 1.15 bits per heavy atom. The Balaban J connectivity index is 1.80. The molecule has 1 aromatic heterocycles. The lowest BCUT2D eigenvalue weighted by Gasteiger charge is -2.14. The Bertz CT molecular complexity index is 745. The van der Waals surface area contributed by atoms with Crippen LogP contribution in [0.2, 0.25) is 0 Å². The van der Waals surface area contributed by atoms with Crippen molar-refractivity contribution in [2.24, 2.45) is 4.99 Å². The zero-order valence-electron chi connectivity index (χ0n) is 16.3. The molecule has 0 aliphatic rings. The van der Waals surface area contributed by atoms with Crippen molar-refractivity contribution < 1.29 is 4.79 Å². The molecule has 3 N–H and O–H groups in total. The summed E-state index contributed by atoms with van der Waals surface area (Å²) in [5.41, 5.74) is 3.11. The molecule has 2 rings (SSSR count). The van der Waals surface area contributed by atoms with E-state index in [0.29, 0.717) is 31.1 Å². The molecule has 0 bridgehead atoms. The number of hydrogen-bond acceptors (Lipinski definition) is 3. The van der Waals surface area contributed by atoms with Crippen molar-refractivity contribution >= 4 is 11.9 Å². The van der Waals surface area contributed by atoms with Crippen molar-refractivity contribution in [3.8, 4) is 0 Å². The summed E-state index contributed by atoms with van der Waals surface area (Å²) in [6.07, 6.45) is 3.20. The van der Waals surface area contributed by atoms with Gasteiger partial charge in [0.05, 0.1) is 5.56 Å². The number of nitrogens with one attached hydrogen (secondary N) is 3. The highest BCUT2D eigenvalue weighted by molar-refractivity contribution is 5.93. The van der Waals surface area contributed by atoms with Crippen LogP contribution in [0.3, 0.4) is 0 Å². The third-order valence-electron chi connectivity index (χ3n) is 4.11. The number of hydrogen-bond donors (Lipinski definition) is 3. The summed E-state index contributed by atoms with van der Waals surface area (Å²) in [7, 11) is 0. The van der Waals surface area contributed by atoms with Gasteiger partial charge in [0.2, 0.25) is 0 Å². The fourth-order valence-corrected chi connectivity index (χ4v) is 2.61. The normalized spacial score (nSPS) is 12.3. The number of rotatable bonds is 8. The molecule has 1 atom stereocenters. The Morgan fingerprint density at radius 2 is 1.96 bits per heavy atom. The summed E-state index contributed by atoms with van der Waals surface area (Å²) < 4.78 is 0. The number of benzene rings is 1. The summed E-state index contributed by atoms with van der Waals surface area (Å²) in [6.45, 7) is 8.89. The zero-order chi connectivity index (χ0) is 19.5. The molecular formula is C21H29N5O. The van der Waals surface area contributed by atoms with Crippen molar-refractivity contribution in [2.45, 2.75) is 26.7 Å². The van der Waals surface area contributed by atoms with E-state index in [0.717, 1.165) is 12.5 Å². The number of carbonyl (C=O) groups excluding carboxylic acids is 1. The average molecular weight is 367 g/mol. The monoisotopic (exact) mass is 367 g/mol. The van der Waals surface area contributed by atoms with E-state index in [1.807, 2.05) is 6.92 Å². The molecule has 144 valence electrons. The van der Waals surface area contributed by atoms with Gasteiger partial charge < -0.3 is 16.0 Å². The lowest BCUT2D eigenvalue weighted by Crippen LogP contribution is -2.41. The second-order valence-corrected chi connectivity index (χ2v) is 6.46. The highest BCUT2D eigenvalue weighted by atomic mass is 16.1. The van der Waals surface area contributed by atoms with Gasteiger partial charge >= 0.3 is 0 Å². The molecule has 1 amide bonds. The maximum absolute atomic E-state index is 12.0. The van der Waals surface area contributed by atoms with Gasteiger partial charge in [0.15, 0.2) is 5.96 Å². The van der Waals surface area contributed by atoms with Crippen LogP contribution in [-0.4, -0.2) is 43.0 Å². The molecule has 1 unspecified atom stereocenters. The number of carbonyl (C=O) groups is 1. The van der Waals surface area contributed by atoms with E-state index in [4.69, 9.17) is 0 Å². The molecule has 6 heteroatoms. The number of aliphatic imine (C=N–C) groups is 1. The largest absolute Gasteiger partial charge is 0.357 e. The average Bonchev–Trinajstić information content (AvgIpc) is 2.69. The molecule has 0 saturated heterocycles. The zero-order valence-corrected chi connectivity index (χ0v) is 16.3. The first-order chi connectivity index (χ1) is 13.1. The van der Waals surface area contributed by atoms with E-state index in [9.17, 15) is 4.79 Å². The van der Waals surface area contributed by atoms with Crippen molar-refractivity contribution in [2.75, 3.05) is 26.2 Å². The maximum Gasteiger partial charge on any atom is 0.252 e. The van der Waals surface area contributed by atoms with Crippen molar-refractivity contribution in [1.29, 1.82) is 0 Å². The molecule has 0 saturated carbocycles. The van der Waals surface area contributed by atoms with Crippen LogP contribution in [0.25, 0.3) is 0 Å². The van der Waals surface area contributed by atoms with Gasteiger partial charge in [-0.15, -0.1) is 0 Å². The minimum Gasteiger partial charge on any atom is -0.357 e. The number of aryl methyl sites for hydroxylation is 1. The van der Waals surface area contributed by atoms with E-state index in [1.54, 1.807) is 24.5 Å². The number of pyridine rings is 1. The first kappa shape index (κ1) is 20.4. The SMILES string of the molecule is CCNC(=NCC(C)c1cccc(C)c1)NCCNC(=O)c1cccnc1. The molecule has 0 aliphatic heterocycles. The Kier molecular flexibility index (Phi) is 8.29. The van der Waals surface area contributed by atoms with Crippen LogP contribution in [0.4, 0.5) is 0 Å². The van der Waals surface area contributed by atoms with Gasteiger partial charge in [-0.05, 0) is 31.5 Å². The number of guanidine groups is 1. The lowest BCUT2D eigenvalue weighted by atomic mass is 10.00. The molecule has 6 nitrogen and oxygen atoms in total. The predicted molar refractivity (Wildman–Crippen MR) is 110 cm³/mol. The minimum absolute atomic E-state index is 0.125. The van der Waals surface area contributed by atoms with Gasteiger partial charge in [0.25, 0.3) is 5.91 Å². The third kappa shape index (κ3) is 7.09. The molecular weight excluding hydrogens is 338 g/mol. The minimum atomic E-state index is -0.125. The maximum atomic E-state index is 12.0. The molecule has 0 spiro atoms. The molecule has 0 aliphatic carbocycles. The number of amides is 1. The second kappa shape index (κ2) is 11.0. The number of nitrogens with zero attached hydrogens (tertiary/aromatic N) is 2. The number of aromatic nitrogens is 1. The van der Waals surface area contributed by atoms with Crippen LogP contribution in [0.5, 0.6) is 0 Å². The van der Waals surface area contributed by atoms with Gasteiger partial charge in [-0.1, -0.05) is 36.8 Å². The van der Waals surface area contributed by atoms with Crippen LogP contribution in [-0.2, 0) is 0 Å². The quantitative estimate of drug-likeness (QED) is 0.380. The van der Waals surface area contributed by atoms with Gasteiger partial charge in [-0.3, -0.25) is 14.8 Å². The Hall–Kier alpha value is -2.89. The predicted octanol–water partition coefficient (Wildman–Crippen LogP) is 2.48. The topological polar surface area (TPSA) is 78.4 Å². The van der Waals surface area contributed by atoms with Crippen LogP contribution in [0.15, 0.2) is 53.8 Å². The van der Waals surface area contributed by atoms with E-state index < -0.39 is 0 Å². The highest BCUT2D eigenvalue weighted by Crippen LogP contribution is 2.16. The Morgan fingerprint density at radius 3 is 2.67 bits per heavy atom. The van der Waals surface area contributed by atoms with Gasteiger partial charge in [0.1, 0.15) is 0 Å². The fraction of sp³-hybridized carbons (Fsp3) is 0.381. The van der Waals surface area contributed by atoms with Crippen molar-refractivity contribution in [3.05, 3.63) is 65.5 Å². The summed E-state index contributed by atoms with van der Waals surface area (Å²) in [6, 6.07) is 12.0. The highest BCUT2D eigenvalue weighted by Gasteiger charge is 2.07. The fourth-order valence-electron chi connectivity index (χ4n) is 2.61. The van der Waals surface area contributed by atoms with Crippen molar-refractivity contribution in [3.63, 3.8) is 0 Å². The van der Waals surface area contributed by atoms with Crippen LogP contribution in [0, 0.1) is 6.92 Å². The molecule has 0 fully saturated rings. The third-order valence-corrected chi connectivity index (χ3v) is 4.11. The smallest absolute Gasteiger partial charge is 0.252 e. The van der Waals surface area contributed by atoms with Gasteiger partial charge in [-0.25, -0.2) is 0 Å². The van der Waals surface area contributed by atoms with E-state index in [2.05, 4.69) is 64.0 Å². The van der Waals surface area contributed by atoms with E-state index >= 15 is 0 Å². The van der Waals surface area contributed by atoms with Crippen LogP contribution >= 0.6 is 0 Å². The van der Waals surface area contributed by atoms with Crippen LogP contribution in [0.1, 0.15) is 41.3 Å². The van der Waals surface area contributed by atoms with Crippen molar-refractivity contribution in [1.82, 2.24) is 20.9 Å². The molecule has 1 heterocycles. The second-order valence-electron chi connectivity index (χ2n) is 6.46. The first-order valence-corrected chi connectivity index (χ1v) is 9.37. The molecule has 2 aromatic rings. The lowest BCUT2D eigenvalue weighted by molar-refractivity contribution is 0.0954. The summed E-state index contributed by atoms with van der Waals surface area (Å²) in [5, 5.41) is 9.36. The summed E-state index contributed by atoms with van der Waals surface area (Å²) in [5.74, 6) is 0.971. The molecule has 27 heavy (non-hydrogen) atoms. The summed E-state index contributed by atoms with van der Waals surface area (Å²) >= 11 is 0. The summed E-state index contributed by atoms with van der Waals surface area (Å²) in [4.78, 5) is 20.6.